The maximum absolute atomic E-state index is 13.9. The summed E-state index contributed by atoms with van der Waals surface area (Å²) in [6, 6.07) is 6.67. The number of fused-ring (bicyclic) bond motifs is 2. The first-order valence-corrected chi connectivity index (χ1v) is 9.50. The van der Waals surface area contributed by atoms with Crippen molar-refractivity contribution in [1.82, 2.24) is 29.7 Å². The van der Waals surface area contributed by atoms with Crippen LogP contribution in [0.2, 0.25) is 0 Å². The summed E-state index contributed by atoms with van der Waals surface area (Å²) in [6.45, 7) is 4.90. The number of hydrogen-bond donors (Lipinski definition) is 0. The number of hydrogen-bond acceptors (Lipinski definition) is 6. The minimum Gasteiger partial charge on any atom is -0.354 e. The Morgan fingerprint density at radius 2 is 1.93 bits per heavy atom. The lowest BCUT2D eigenvalue weighted by Crippen LogP contribution is -2.34. The number of halogens is 1. The largest absolute Gasteiger partial charge is 0.354 e. The predicted molar refractivity (Wildman–Crippen MR) is 99.5 cm³/mol. The molecule has 2 saturated heterocycles. The summed E-state index contributed by atoms with van der Waals surface area (Å²) in [6.07, 6.45) is 2.22. The number of likely N-dealkylation sites (tertiary alicyclic amines) is 1. The van der Waals surface area contributed by atoms with Gasteiger partial charge in [-0.05, 0) is 24.3 Å². The van der Waals surface area contributed by atoms with Crippen molar-refractivity contribution in [2.75, 3.05) is 31.1 Å². The topological polar surface area (TPSA) is 79.5 Å². The fourth-order valence-corrected chi connectivity index (χ4v) is 4.25. The molecule has 0 spiro atoms. The Labute approximate surface area is 161 Å². The molecule has 0 aromatic carbocycles. The molecule has 2 fully saturated rings. The zero-order chi connectivity index (χ0) is 19.3. The van der Waals surface area contributed by atoms with E-state index in [0.717, 1.165) is 36.8 Å². The molecule has 1 amide bonds. The summed E-state index contributed by atoms with van der Waals surface area (Å²) in [5.41, 5.74) is 0.653. The van der Waals surface area contributed by atoms with Crippen molar-refractivity contribution in [1.29, 1.82) is 0 Å². The maximum atomic E-state index is 13.9. The number of nitrogens with zero attached hydrogens (tertiary/aromatic N) is 7. The molecule has 144 valence electrons. The second-order valence-corrected chi connectivity index (χ2v) is 7.40. The summed E-state index contributed by atoms with van der Waals surface area (Å²) in [4.78, 5) is 20.5. The number of aromatic nitrogens is 5. The zero-order valence-electron chi connectivity index (χ0n) is 15.5. The van der Waals surface area contributed by atoms with Gasteiger partial charge in [0.15, 0.2) is 23.0 Å². The van der Waals surface area contributed by atoms with E-state index < -0.39 is 5.82 Å². The molecule has 0 bridgehead atoms. The molecule has 2 aliphatic heterocycles. The van der Waals surface area contributed by atoms with Gasteiger partial charge < -0.3 is 9.80 Å². The minimum absolute atomic E-state index is 0.0915. The van der Waals surface area contributed by atoms with Crippen LogP contribution in [0.15, 0.2) is 30.5 Å². The SMILES string of the molecule is CCc1nnc2ccc(N3CC4CN(C(=O)c5ncccc5F)CC4C3)nn12. The van der Waals surface area contributed by atoms with Gasteiger partial charge in [0.05, 0.1) is 0 Å². The van der Waals surface area contributed by atoms with Crippen molar-refractivity contribution >= 4 is 17.4 Å². The number of carbonyl (C=O) groups is 1. The molecular weight excluding hydrogens is 361 g/mol. The number of carbonyl (C=O) groups excluding carboxylic acids is 1. The lowest BCUT2D eigenvalue weighted by molar-refractivity contribution is 0.0771. The number of anilines is 1. The van der Waals surface area contributed by atoms with Gasteiger partial charge in [0.2, 0.25) is 0 Å². The summed E-state index contributed by atoms with van der Waals surface area (Å²) < 4.78 is 15.7. The summed E-state index contributed by atoms with van der Waals surface area (Å²) in [7, 11) is 0. The number of aryl methyl sites for hydroxylation is 1. The first kappa shape index (κ1) is 17.0. The van der Waals surface area contributed by atoms with Gasteiger partial charge in [0, 0.05) is 50.6 Å². The number of amides is 1. The average Bonchev–Trinajstić information content (AvgIpc) is 3.39. The van der Waals surface area contributed by atoms with Gasteiger partial charge in [-0.2, -0.15) is 4.52 Å². The van der Waals surface area contributed by atoms with Crippen LogP contribution in [0.1, 0.15) is 23.2 Å². The van der Waals surface area contributed by atoms with Crippen molar-refractivity contribution in [2.45, 2.75) is 13.3 Å². The second kappa shape index (κ2) is 6.50. The average molecular weight is 381 g/mol. The molecule has 0 aliphatic carbocycles. The van der Waals surface area contributed by atoms with Crippen molar-refractivity contribution in [2.24, 2.45) is 11.8 Å². The van der Waals surface area contributed by atoms with E-state index in [1.54, 1.807) is 9.42 Å². The van der Waals surface area contributed by atoms with E-state index in [0.29, 0.717) is 24.9 Å². The molecule has 3 aromatic rings. The van der Waals surface area contributed by atoms with E-state index in [4.69, 9.17) is 5.10 Å². The van der Waals surface area contributed by atoms with E-state index in [2.05, 4.69) is 20.1 Å². The minimum atomic E-state index is -0.565. The first-order chi connectivity index (χ1) is 13.6. The Kier molecular flexibility index (Phi) is 3.96. The fraction of sp³-hybridized carbons (Fsp3) is 0.421. The highest BCUT2D eigenvalue weighted by atomic mass is 19.1. The van der Waals surface area contributed by atoms with Crippen LogP contribution in [0.25, 0.3) is 5.65 Å². The molecule has 3 aromatic heterocycles. The summed E-state index contributed by atoms with van der Waals surface area (Å²) in [5, 5.41) is 13.0. The molecule has 2 aliphatic rings. The third-order valence-electron chi connectivity index (χ3n) is 5.69. The number of pyridine rings is 1. The Hall–Kier alpha value is -3.10. The van der Waals surface area contributed by atoms with Crippen LogP contribution in [0.4, 0.5) is 10.2 Å². The Morgan fingerprint density at radius 3 is 2.64 bits per heavy atom. The van der Waals surface area contributed by atoms with Crippen molar-refractivity contribution in [3.63, 3.8) is 0 Å². The fourth-order valence-electron chi connectivity index (χ4n) is 4.25. The van der Waals surface area contributed by atoms with E-state index in [-0.39, 0.29) is 11.6 Å². The third-order valence-corrected chi connectivity index (χ3v) is 5.69. The second-order valence-electron chi connectivity index (χ2n) is 7.40. The van der Waals surface area contributed by atoms with Gasteiger partial charge in [-0.1, -0.05) is 6.92 Å². The molecule has 5 rings (SSSR count). The number of rotatable bonds is 3. The van der Waals surface area contributed by atoms with Gasteiger partial charge in [-0.15, -0.1) is 15.3 Å². The lowest BCUT2D eigenvalue weighted by Gasteiger charge is -2.22. The van der Waals surface area contributed by atoms with Crippen LogP contribution in [0, 0.1) is 17.7 Å². The summed E-state index contributed by atoms with van der Waals surface area (Å²) in [5.74, 6) is 1.54. The van der Waals surface area contributed by atoms with E-state index >= 15 is 0 Å². The highest BCUT2D eigenvalue weighted by Gasteiger charge is 2.42. The van der Waals surface area contributed by atoms with Gasteiger partial charge in [0.1, 0.15) is 5.82 Å². The van der Waals surface area contributed by atoms with Crippen LogP contribution < -0.4 is 4.90 Å². The van der Waals surface area contributed by atoms with Crippen LogP contribution >= 0.6 is 0 Å². The predicted octanol–water partition coefficient (Wildman–Crippen LogP) is 1.43. The van der Waals surface area contributed by atoms with E-state index in [9.17, 15) is 9.18 Å². The highest BCUT2D eigenvalue weighted by molar-refractivity contribution is 5.92. The molecule has 28 heavy (non-hydrogen) atoms. The molecule has 9 heteroatoms. The van der Waals surface area contributed by atoms with Crippen LogP contribution in [0.3, 0.4) is 0 Å². The van der Waals surface area contributed by atoms with Crippen LogP contribution in [-0.2, 0) is 6.42 Å². The smallest absolute Gasteiger partial charge is 0.275 e. The molecule has 5 heterocycles. The Balaban J connectivity index is 1.31. The highest BCUT2D eigenvalue weighted by Crippen LogP contribution is 2.34. The molecule has 2 atom stereocenters. The van der Waals surface area contributed by atoms with Crippen molar-refractivity contribution in [3.05, 3.63) is 47.8 Å². The standard InChI is InChI=1S/C19H20FN7O/c1-2-15-22-23-16-5-6-17(24-27(15)16)25-8-12-10-26(11-13(12)9-25)19(28)18-14(20)4-3-7-21-18/h3-7,12-13H,2,8-11H2,1H3. The normalized spacial score (nSPS) is 21.5. The molecular formula is C19H20FN7O. The van der Waals surface area contributed by atoms with Crippen LogP contribution in [0.5, 0.6) is 0 Å². The lowest BCUT2D eigenvalue weighted by atomic mass is 10.0. The summed E-state index contributed by atoms with van der Waals surface area (Å²) >= 11 is 0. The molecule has 8 nitrogen and oxygen atoms in total. The van der Waals surface area contributed by atoms with E-state index in [1.165, 1.54) is 18.3 Å². The van der Waals surface area contributed by atoms with Crippen LogP contribution in [-0.4, -0.2) is 61.8 Å². The molecule has 0 N–H and O–H groups in total. The third kappa shape index (κ3) is 2.69. The first-order valence-electron chi connectivity index (χ1n) is 9.50. The quantitative estimate of drug-likeness (QED) is 0.683. The molecule has 2 unspecified atom stereocenters. The van der Waals surface area contributed by atoms with Crippen molar-refractivity contribution in [3.8, 4) is 0 Å². The Bertz CT molecular complexity index is 1040. The van der Waals surface area contributed by atoms with Crippen molar-refractivity contribution < 1.29 is 9.18 Å². The Morgan fingerprint density at radius 1 is 1.14 bits per heavy atom. The monoisotopic (exact) mass is 381 g/mol. The molecule has 0 saturated carbocycles. The van der Waals surface area contributed by atoms with Gasteiger partial charge in [-0.25, -0.2) is 9.37 Å². The molecule has 0 radical (unpaired) electrons. The van der Waals surface area contributed by atoms with Gasteiger partial charge in [0.25, 0.3) is 5.91 Å². The zero-order valence-corrected chi connectivity index (χ0v) is 15.5. The van der Waals surface area contributed by atoms with E-state index in [1.807, 2.05) is 19.1 Å². The van der Waals surface area contributed by atoms with Gasteiger partial charge in [-0.3, -0.25) is 4.79 Å². The maximum Gasteiger partial charge on any atom is 0.275 e. The van der Waals surface area contributed by atoms with Gasteiger partial charge >= 0.3 is 0 Å².